The Hall–Kier alpha value is -4.66. The number of allylic oxidation sites excluding steroid dienone is 1. The molecule has 4 aromatic rings. The van der Waals surface area contributed by atoms with Crippen molar-refractivity contribution in [2.75, 3.05) is 24.9 Å². The Bertz CT molecular complexity index is 1360. The van der Waals surface area contributed by atoms with E-state index in [0.717, 1.165) is 39.6 Å². The molecule has 3 N–H and O–H groups in total. The van der Waals surface area contributed by atoms with Crippen LogP contribution in [0.25, 0.3) is 0 Å². The number of benzene rings is 1. The lowest BCUT2D eigenvalue weighted by atomic mass is 10.1. The topological polar surface area (TPSA) is 109 Å². The summed E-state index contributed by atoms with van der Waals surface area (Å²) in [4.78, 5) is 21.4. The third-order valence-electron chi connectivity index (χ3n) is 5.36. The quantitative estimate of drug-likeness (QED) is 0.264. The number of ether oxygens (including phenoxy) is 2. The zero-order valence-corrected chi connectivity index (χ0v) is 20.8. The fourth-order valence-electron chi connectivity index (χ4n) is 3.53. The molecule has 1 aromatic carbocycles. The molecule has 0 aliphatic carbocycles. The number of aromatic nitrogens is 4. The lowest BCUT2D eigenvalue weighted by Crippen LogP contribution is -2.12. The molecule has 3 heterocycles. The molecule has 0 spiro atoms. The number of methoxy groups -OCH3 is 2. The molecule has 0 fully saturated rings. The molecule has 0 radical (unpaired) electrons. The average molecular weight is 484 g/mol. The van der Waals surface area contributed by atoms with Crippen LogP contribution in [-0.2, 0) is 6.54 Å². The third kappa shape index (κ3) is 5.87. The minimum Gasteiger partial charge on any atom is -0.497 e. The van der Waals surface area contributed by atoms with Crippen molar-refractivity contribution < 1.29 is 9.47 Å². The molecule has 184 valence electrons. The van der Waals surface area contributed by atoms with Crippen LogP contribution in [0, 0.1) is 6.92 Å². The van der Waals surface area contributed by atoms with Crippen LogP contribution >= 0.6 is 0 Å². The van der Waals surface area contributed by atoms with Crippen molar-refractivity contribution in [1.29, 1.82) is 0 Å². The smallest absolute Gasteiger partial charge is 0.213 e. The highest BCUT2D eigenvalue weighted by Gasteiger charge is 2.19. The van der Waals surface area contributed by atoms with E-state index in [4.69, 9.17) is 19.5 Å². The Morgan fingerprint density at radius 3 is 2.39 bits per heavy atom. The minimum atomic E-state index is 0.531. The van der Waals surface area contributed by atoms with Crippen LogP contribution in [0.15, 0.2) is 78.5 Å². The largest absolute Gasteiger partial charge is 0.497 e. The average Bonchev–Trinajstić information content (AvgIpc) is 3.32. The predicted molar refractivity (Wildman–Crippen MR) is 142 cm³/mol. The van der Waals surface area contributed by atoms with Gasteiger partial charge in [0, 0.05) is 29.6 Å². The Morgan fingerprint density at radius 1 is 1.00 bits per heavy atom. The summed E-state index contributed by atoms with van der Waals surface area (Å²) in [5.74, 6) is 1.96. The highest BCUT2D eigenvalue weighted by Crippen LogP contribution is 2.26. The van der Waals surface area contributed by atoms with Crippen LogP contribution in [0.2, 0.25) is 0 Å². The molecule has 3 aromatic heterocycles. The van der Waals surface area contributed by atoms with Crippen molar-refractivity contribution in [3.63, 3.8) is 0 Å². The van der Waals surface area contributed by atoms with Gasteiger partial charge in [-0.2, -0.15) is 0 Å². The van der Waals surface area contributed by atoms with Crippen molar-refractivity contribution in [2.45, 2.75) is 20.4 Å². The maximum atomic E-state index is 5.25. The second-order valence-electron chi connectivity index (χ2n) is 8.11. The van der Waals surface area contributed by atoms with E-state index < -0.39 is 0 Å². The molecule has 36 heavy (non-hydrogen) atoms. The number of hydrogen-bond donors (Lipinski definition) is 3. The molecule has 9 heteroatoms. The van der Waals surface area contributed by atoms with Crippen molar-refractivity contribution in [3.05, 3.63) is 96.0 Å². The maximum absolute atomic E-state index is 5.25. The molecular formula is C27H29N7O2. The number of H-pyrrole nitrogens is 1. The number of nitrogens with zero attached hydrogens (tertiary/aromatic N) is 4. The Morgan fingerprint density at radius 2 is 1.78 bits per heavy atom. The van der Waals surface area contributed by atoms with Gasteiger partial charge in [0.25, 0.3) is 0 Å². The lowest BCUT2D eigenvalue weighted by molar-refractivity contribution is 0.398. The highest BCUT2D eigenvalue weighted by molar-refractivity contribution is 6.16. The van der Waals surface area contributed by atoms with Crippen LogP contribution in [0.5, 0.6) is 11.6 Å². The number of aryl methyl sites for hydroxylation is 1. The summed E-state index contributed by atoms with van der Waals surface area (Å²) in [5, 5.41) is 6.80. The normalized spacial score (nSPS) is 11.2. The second kappa shape index (κ2) is 11.2. The molecule has 0 unspecified atom stereocenters. The predicted octanol–water partition coefficient (Wildman–Crippen LogP) is 5.25. The van der Waals surface area contributed by atoms with Gasteiger partial charge in [0.05, 0.1) is 44.3 Å². The van der Waals surface area contributed by atoms with Crippen molar-refractivity contribution in [2.24, 2.45) is 4.99 Å². The van der Waals surface area contributed by atoms with Crippen molar-refractivity contribution in [1.82, 2.24) is 19.9 Å². The number of anilines is 3. The van der Waals surface area contributed by atoms with E-state index in [1.54, 1.807) is 39.0 Å². The molecule has 0 saturated carbocycles. The second-order valence-corrected chi connectivity index (χ2v) is 8.11. The van der Waals surface area contributed by atoms with E-state index >= 15 is 0 Å². The number of aromatic amines is 1. The summed E-state index contributed by atoms with van der Waals surface area (Å²) >= 11 is 0. The first-order valence-corrected chi connectivity index (χ1v) is 11.4. The van der Waals surface area contributed by atoms with Gasteiger partial charge in [-0.15, -0.1) is 0 Å². The summed E-state index contributed by atoms with van der Waals surface area (Å²) in [6.45, 7) is 8.41. The molecule has 4 rings (SSSR count). The molecule has 0 aliphatic rings. The van der Waals surface area contributed by atoms with E-state index in [2.05, 4.69) is 32.2 Å². The first-order valence-electron chi connectivity index (χ1n) is 11.4. The molecule has 0 atom stereocenters. The molecule has 0 aliphatic heterocycles. The van der Waals surface area contributed by atoms with Crippen LogP contribution in [0.1, 0.15) is 29.4 Å². The number of imidazole rings is 1. The van der Waals surface area contributed by atoms with Crippen LogP contribution in [0.4, 0.5) is 17.2 Å². The van der Waals surface area contributed by atoms with E-state index in [-0.39, 0.29) is 0 Å². The molecule has 0 bridgehead atoms. The highest BCUT2D eigenvalue weighted by atomic mass is 16.5. The third-order valence-corrected chi connectivity index (χ3v) is 5.36. The summed E-state index contributed by atoms with van der Waals surface area (Å²) in [6.07, 6.45) is 5.12. The summed E-state index contributed by atoms with van der Waals surface area (Å²) in [6, 6.07) is 13.6. The van der Waals surface area contributed by atoms with Gasteiger partial charge in [-0.3, -0.25) is 4.99 Å². The standard InChI is InChI=1S/C27H29N7O2/c1-17(2)33-26(25-18(3)31-16-32-25)23-12-21(28-13-19-6-9-22(35-4)10-7-19)15-30-27(23)34-20-8-11-24(36-5)29-14-20/h6-12,14-16,28H,1,13H2,2-5H3,(H,30,34)(H,31,32)/b33-26-. The number of hydrogen-bond acceptors (Lipinski definition) is 8. The van der Waals surface area contributed by atoms with Gasteiger partial charge in [0.1, 0.15) is 23.0 Å². The number of nitrogens with one attached hydrogen (secondary N) is 3. The van der Waals surface area contributed by atoms with Crippen LogP contribution in [0.3, 0.4) is 0 Å². The van der Waals surface area contributed by atoms with E-state index in [1.807, 2.05) is 50.2 Å². The van der Waals surface area contributed by atoms with E-state index in [0.29, 0.717) is 29.7 Å². The minimum absolute atomic E-state index is 0.531. The van der Waals surface area contributed by atoms with Gasteiger partial charge in [-0.05, 0) is 43.7 Å². The zero-order chi connectivity index (χ0) is 25.5. The fourth-order valence-corrected chi connectivity index (χ4v) is 3.53. The van der Waals surface area contributed by atoms with Gasteiger partial charge in [-0.1, -0.05) is 18.7 Å². The summed E-state index contributed by atoms with van der Waals surface area (Å²) in [7, 11) is 3.24. The van der Waals surface area contributed by atoms with Crippen LogP contribution in [-0.4, -0.2) is 39.9 Å². The van der Waals surface area contributed by atoms with Gasteiger partial charge >= 0.3 is 0 Å². The Balaban J connectivity index is 1.71. The van der Waals surface area contributed by atoms with E-state index in [9.17, 15) is 0 Å². The first-order chi connectivity index (χ1) is 17.5. The number of rotatable bonds is 10. The van der Waals surface area contributed by atoms with Crippen molar-refractivity contribution >= 4 is 22.9 Å². The van der Waals surface area contributed by atoms with Gasteiger partial charge in [0.15, 0.2) is 0 Å². The van der Waals surface area contributed by atoms with Gasteiger partial charge in [0.2, 0.25) is 5.88 Å². The SMILES string of the molecule is C=C(C)/N=C(/c1cc(NCc2ccc(OC)cc2)cnc1Nc1ccc(OC)nc1)c1nc[nH]c1C. The lowest BCUT2D eigenvalue weighted by Gasteiger charge is -2.16. The number of aliphatic imine (C=N–C) groups is 1. The monoisotopic (exact) mass is 483 g/mol. The van der Waals surface area contributed by atoms with Crippen molar-refractivity contribution in [3.8, 4) is 11.6 Å². The van der Waals surface area contributed by atoms with Gasteiger partial charge < -0.3 is 25.1 Å². The molecule has 0 saturated heterocycles. The van der Waals surface area contributed by atoms with Gasteiger partial charge in [-0.25, -0.2) is 15.0 Å². The first kappa shape index (κ1) is 24.5. The van der Waals surface area contributed by atoms with Crippen LogP contribution < -0.4 is 20.1 Å². The molecule has 0 amide bonds. The number of pyridine rings is 2. The summed E-state index contributed by atoms with van der Waals surface area (Å²) < 4.78 is 10.4. The maximum Gasteiger partial charge on any atom is 0.213 e. The molecular weight excluding hydrogens is 454 g/mol. The van der Waals surface area contributed by atoms with E-state index in [1.165, 1.54) is 0 Å². The Labute approximate surface area is 210 Å². The Kier molecular flexibility index (Phi) is 7.60. The zero-order valence-electron chi connectivity index (χ0n) is 20.8. The molecule has 9 nitrogen and oxygen atoms in total. The summed E-state index contributed by atoms with van der Waals surface area (Å²) in [5.41, 5.74) is 6.41. The fraction of sp³-hybridized carbons (Fsp3) is 0.185.